The first-order chi connectivity index (χ1) is 13.1. The number of para-hydroxylation sites is 2. The number of rotatable bonds is 5. The molecule has 2 fully saturated rings. The molecule has 1 atom stereocenters. The number of nitrogens with zero attached hydrogens (tertiary/aromatic N) is 2. The molecule has 1 heterocycles. The van der Waals surface area contributed by atoms with Crippen LogP contribution in [0.5, 0.6) is 0 Å². The predicted octanol–water partition coefficient (Wildman–Crippen LogP) is 3.95. The Hall–Kier alpha value is -2.67. The average Bonchev–Trinajstić information content (AvgIpc) is 3.44. The van der Waals surface area contributed by atoms with Crippen molar-refractivity contribution >= 4 is 40.1 Å². The van der Waals surface area contributed by atoms with Crippen molar-refractivity contribution in [3.05, 3.63) is 60.4 Å². The summed E-state index contributed by atoms with van der Waals surface area (Å²) in [5.41, 5.74) is 0.894. The third-order valence-electron chi connectivity index (χ3n) is 4.38. The van der Waals surface area contributed by atoms with Crippen LogP contribution in [0.1, 0.15) is 19.3 Å². The average molecular weight is 383 g/mol. The molecule has 138 valence electrons. The van der Waals surface area contributed by atoms with Crippen LogP contribution in [-0.2, 0) is 9.59 Å². The first kappa shape index (κ1) is 17.7. The second kappa shape index (κ2) is 7.52. The first-order valence-corrected chi connectivity index (χ1v) is 9.67. The van der Waals surface area contributed by atoms with E-state index in [1.54, 1.807) is 17.0 Å². The van der Waals surface area contributed by atoms with Gasteiger partial charge >= 0.3 is 0 Å². The van der Waals surface area contributed by atoms with Gasteiger partial charge in [-0.25, -0.2) is 9.38 Å². The van der Waals surface area contributed by atoms with Crippen LogP contribution >= 0.6 is 11.8 Å². The van der Waals surface area contributed by atoms with Gasteiger partial charge in [0.05, 0.1) is 11.4 Å². The van der Waals surface area contributed by atoms with Crippen LogP contribution in [0.4, 0.5) is 15.8 Å². The van der Waals surface area contributed by atoms with E-state index < -0.39 is 11.1 Å². The van der Waals surface area contributed by atoms with Gasteiger partial charge in [-0.15, -0.1) is 0 Å². The zero-order chi connectivity index (χ0) is 18.8. The van der Waals surface area contributed by atoms with Crippen LogP contribution in [0.15, 0.2) is 59.6 Å². The largest absolute Gasteiger partial charge is 0.324 e. The number of hydrogen-bond donors (Lipinski definition) is 1. The van der Waals surface area contributed by atoms with Crippen molar-refractivity contribution in [3.63, 3.8) is 0 Å². The van der Waals surface area contributed by atoms with Crippen LogP contribution in [-0.4, -0.2) is 33.2 Å². The van der Waals surface area contributed by atoms with Gasteiger partial charge in [-0.05, 0) is 37.1 Å². The van der Waals surface area contributed by atoms with Crippen LogP contribution in [0.25, 0.3) is 0 Å². The molecule has 1 N–H and O–H groups in total. The monoisotopic (exact) mass is 383 g/mol. The van der Waals surface area contributed by atoms with Crippen LogP contribution in [0.2, 0.25) is 0 Å². The van der Waals surface area contributed by atoms with E-state index in [1.165, 1.54) is 23.9 Å². The van der Waals surface area contributed by atoms with Crippen molar-refractivity contribution < 1.29 is 14.0 Å². The second-order valence-corrected chi connectivity index (χ2v) is 7.68. The van der Waals surface area contributed by atoms with E-state index in [2.05, 4.69) is 10.3 Å². The first-order valence-electron chi connectivity index (χ1n) is 8.79. The molecule has 27 heavy (non-hydrogen) atoms. The molecule has 1 saturated heterocycles. The van der Waals surface area contributed by atoms with E-state index in [-0.39, 0.29) is 30.0 Å². The number of carbonyl (C=O) groups is 2. The van der Waals surface area contributed by atoms with Crippen molar-refractivity contribution in [1.82, 2.24) is 4.90 Å². The van der Waals surface area contributed by atoms with Crippen LogP contribution in [0.3, 0.4) is 0 Å². The summed E-state index contributed by atoms with van der Waals surface area (Å²) in [4.78, 5) is 31.5. The zero-order valence-electron chi connectivity index (χ0n) is 14.5. The molecule has 2 aromatic rings. The van der Waals surface area contributed by atoms with Crippen molar-refractivity contribution in [2.75, 3.05) is 5.32 Å². The smallest absolute Gasteiger partial charge is 0.242 e. The summed E-state index contributed by atoms with van der Waals surface area (Å²) in [5, 5.41) is 2.64. The molecule has 2 amide bonds. The van der Waals surface area contributed by atoms with E-state index in [0.29, 0.717) is 5.17 Å². The van der Waals surface area contributed by atoms with Gasteiger partial charge in [-0.2, -0.15) is 0 Å². The number of halogens is 1. The van der Waals surface area contributed by atoms with Gasteiger partial charge < -0.3 is 5.32 Å². The quantitative estimate of drug-likeness (QED) is 0.850. The summed E-state index contributed by atoms with van der Waals surface area (Å²) in [5.74, 6) is -0.981. The van der Waals surface area contributed by atoms with Gasteiger partial charge in [0, 0.05) is 12.5 Å². The van der Waals surface area contributed by atoms with Gasteiger partial charge in [0.25, 0.3) is 0 Å². The molecule has 1 unspecified atom stereocenters. The lowest BCUT2D eigenvalue weighted by atomic mass is 10.2. The maximum absolute atomic E-state index is 13.7. The van der Waals surface area contributed by atoms with Crippen molar-refractivity contribution in [2.45, 2.75) is 30.6 Å². The predicted molar refractivity (Wildman–Crippen MR) is 104 cm³/mol. The Morgan fingerprint density at radius 2 is 1.85 bits per heavy atom. The number of thioether (sulfide) groups is 1. The SMILES string of the molecule is O=C(CC1SC(=Nc2ccccc2)N(C2CC2)C1=O)Nc1ccccc1F. The molecule has 4 rings (SSSR count). The lowest BCUT2D eigenvalue weighted by Crippen LogP contribution is -2.35. The molecule has 1 aliphatic carbocycles. The molecule has 2 aliphatic rings. The number of amidine groups is 1. The number of amides is 2. The third kappa shape index (κ3) is 4.03. The van der Waals surface area contributed by atoms with E-state index >= 15 is 0 Å². The van der Waals surface area contributed by atoms with Gasteiger partial charge in [0.1, 0.15) is 11.1 Å². The maximum Gasteiger partial charge on any atom is 0.242 e. The molecule has 0 radical (unpaired) electrons. The Morgan fingerprint density at radius 1 is 1.15 bits per heavy atom. The van der Waals surface area contributed by atoms with Crippen LogP contribution < -0.4 is 5.32 Å². The fourth-order valence-corrected chi connectivity index (χ4v) is 4.12. The van der Waals surface area contributed by atoms with Crippen molar-refractivity contribution in [1.29, 1.82) is 0 Å². The standard InChI is InChI=1S/C20H18FN3O2S/c21-15-8-4-5-9-16(15)23-18(25)12-17-19(26)24(14-10-11-14)20(27-17)22-13-6-2-1-3-7-13/h1-9,14,17H,10-12H2,(H,23,25). The number of aliphatic imine (C=N–C) groups is 1. The van der Waals surface area contributed by atoms with Gasteiger partial charge in [0.15, 0.2) is 5.17 Å². The van der Waals surface area contributed by atoms with E-state index in [1.807, 2.05) is 30.3 Å². The number of nitrogens with one attached hydrogen (secondary N) is 1. The molecule has 1 saturated carbocycles. The topological polar surface area (TPSA) is 61.8 Å². The lowest BCUT2D eigenvalue weighted by Gasteiger charge is -2.15. The highest BCUT2D eigenvalue weighted by Crippen LogP contribution is 2.39. The number of carbonyl (C=O) groups excluding carboxylic acids is 2. The number of benzene rings is 2. The molecule has 0 spiro atoms. The lowest BCUT2D eigenvalue weighted by molar-refractivity contribution is -0.128. The summed E-state index contributed by atoms with van der Waals surface area (Å²) >= 11 is 1.30. The van der Waals surface area contributed by atoms with E-state index in [9.17, 15) is 14.0 Å². The summed E-state index contributed by atoms with van der Waals surface area (Å²) in [6.45, 7) is 0. The summed E-state index contributed by atoms with van der Waals surface area (Å²) < 4.78 is 13.7. The maximum atomic E-state index is 13.7. The molecule has 7 heteroatoms. The van der Waals surface area contributed by atoms with Gasteiger partial charge in [-0.3, -0.25) is 14.5 Å². The highest BCUT2D eigenvalue weighted by molar-refractivity contribution is 8.15. The third-order valence-corrected chi connectivity index (χ3v) is 5.53. The zero-order valence-corrected chi connectivity index (χ0v) is 15.3. The molecular formula is C20H18FN3O2S. The Bertz CT molecular complexity index is 899. The number of anilines is 1. The van der Waals surface area contributed by atoms with E-state index in [4.69, 9.17) is 0 Å². The fourth-order valence-electron chi connectivity index (χ4n) is 2.91. The second-order valence-electron chi connectivity index (χ2n) is 6.51. The summed E-state index contributed by atoms with van der Waals surface area (Å²) in [6, 6.07) is 15.6. The Morgan fingerprint density at radius 3 is 2.56 bits per heavy atom. The highest BCUT2D eigenvalue weighted by atomic mass is 32.2. The minimum absolute atomic E-state index is 0.0190. The molecule has 0 aromatic heterocycles. The van der Waals surface area contributed by atoms with Gasteiger partial charge in [-0.1, -0.05) is 42.1 Å². The Labute approximate surface area is 160 Å². The molecule has 0 bridgehead atoms. The Balaban J connectivity index is 1.49. The van der Waals surface area contributed by atoms with Crippen LogP contribution in [0, 0.1) is 5.82 Å². The number of hydrogen-bond acceptors (Lipinski definition) is 4. The normalized spacial score (nSPS) is 20.9. The van der Waals surface area contributed by atoms with Crippen molar-refractivity contribution in [3.8, 4) is 0 Å². The van der Waals surface area contributed by atoms with E-state index in [0.717, 1.165) is 18.5 Å². The van der Waals surface area contributed by atoms with Crippen molar-refractivity contribution in [2.24, 2.45) is 4.99 Å². The summed E-state index contributed by atoms with van der Waals surface area (Å²) in [7, 11) is 0. The minimum atomic E-state index is -0.542. The summed E-state index contributed by atoms with van der Waals surface area (Å²) in [6.07, 6.45) is 1.89. The fraction of sp³-hybridized carbons (Fsp3) is 0.250. The minimum Gasteiger partial charge on any atom is -0.324 e. The van der Waals surface area contributed by atoms with Gasteiger partial charge in [0.2, 0.25) is 11.8 Å². The Kier molecular flexibility index (Phi) is 4.94. The molecule has 2 aromatic carbocycles. The molecule has 5 nitrogen and oxygen atoms in total. The molecule has 1 aliphatic heterocycles. The molecular weight excluding hydrogens is 365 g/mol. The highest BCUT2D eigenvalue weighted by Gasteiger charge is 2.46.